The predicted octanol–water partition coefficient (Wildman–Crippen LogP) is 4.13. The summed E-state index contributed by atoms with van der Waals surface area (Å²) in [6.07, 6.45) is 1.38. The van der Waals surface area contributed by atoms with E-state index >= 15 is 0 Å². The second-order valence-corrected chi connectivity index (χ2v) is 8.11. The molecule has 0 bridgehead atoms. The number of nitrogens with one attached hydrogen (secondary N) is 1. The van der Waals surface area contributed by atoms with Gasteiger partial charge in [-0.05, 0) is 42.3 Å². The van der Waals surface area contributed by atoms with Crippen LogP contribution in [0.1, 0.15) is 27.7 Å². The first-order valence-corrected chi connectivity index (χ1v) is 10.5. The predicted molar refractivity (Wildman–Crippen MR) is 120 cm³/mol. The molecule has 0 saturated carbocycles. The minimum absolute atomic E-state index is 0.151. The van der Waals surface area contributed by atoms with Crippen molar-refractivity contribution in [2.24, 2.45) is 0 Å². The lowest BCUT2D eigenvalue weighted by Gasteiger charge is -2.09. The Bertz CT molecular complexity index is 1410. The van der Waals surface area contributed by atoms with Crippen molar-refractivity contribution in [3.05, 3.63) is 87.0 Å². The number of rotatable bonds is 5. The second-order valence-electron chi connectivity index (χ2n) is 7.11. The zero-order valence-electron chi connectivity index (χ0n) is 17.2. The van der Waals surface area contributed by atoms with Gasteiger partial charge in [-0.15, -0.1) is 11.3 Å². The van der Waals surface area contributed by atoms with Gasteiger partial charge in [0, 0.05) is 6.92 Å². The molecule has 0 fully saturated rings. The average molecular weight is 451 g/mol. The van der Waals surface area contributed by atoms with Gasteiger partial charge in [-0.25, -0.2) is 14.2 Å². The van der Waals surface area contributed by atoms with Crippen molar-refractivity contribution in [2.75, 3.05) is 5.32 Å². The van der Waals surface area contributed by atoms with Crippen LogP contribution in [0.5, 0.6) is 5.75 Å². The minimum Gasteiger partial charge on any atom is -0.420 e. The van der Waals surface area contributed by atoms with Crippen molar-refractivity contribution in [1.82, 2.24) is 9.55 Å². The van der Waals surface area contributed by atoms with Crippen LogP contribution in [0.4, 0.5) is 10.1 Å². The largest absolute Gasteiger partial charge is 0.420 e. The number of fused-ring (bicyclic) bond motifs is 1. The van der Waals surface area contributed by atoms with E-state index in [1.165, 1.54) is 30.0 Å². The van der Waals surface area contributed by atoms with Crippen LogP contribution in [-0.2, 0) is 11.3 Å². The van der Waals surface area contributed by atoms with Gasteiger partial charge in [0.05, 0.1) is 23.9 Å². The zero-order chi connectivity index (χ0) is 22.8. The summed E-state index contributed by atoms with van der Waals surface area (Å²) in [5, 5.41) is 2.93. The van der Waals surface area contributed by atoms with E-state index in [0.717, 1.165) is 11.3 Å². The number of carbonyl (C=O) groups excluding carboxylic acids is 2. The van der Waals surface area contributed by atoms with Gasteiger partial charge >= 0.3 is 5.97 Å². The number of anilines is 1. The van der Waals surface area contributed by atoms with Crippen LogP contribution in [0.2, 0.25) is 0 Å². The molecule has 4 aromatic rings. The summed E-state index contributed by atoms with van der Waals surface area (Å²) in [7, 11) is 0. The van der Waals surface area contributed by atoms with Crippen LogP contribution in [0.25, 0.3) is 10.2 Å². The van der Waals surface area contributed by atoms with Crippen LogP contribution in [0, 0.1) is 12.7 Å². The number of thiophene rings is 1. The highest BCUT2D eigenvalue weighted by Gasteiger charge is 2.22. The number of ether oxygens (including phenoxy) is 1. The number of nitrogens with zero attached hydrogens (tertiary/aromatic N) is 2. The lowest BCUT2D eigenvalue weighted by molar-refractivity contribution is -0.114. The lowest BCUT2D eigenvalue weighted by atomic mass is 10.2. The van der Waals surface area contributed by atoms with Crippen molar-refractivity contribution in [3.8, 4) is 5.75 Å². The first-order valence-electron chi connectivity index (χ1n) is 9.65. The monoisotopic (exact) mass is 451 g/mol. The number of aryl methyl sites for hydroxylation is 1. The molecule has 0 aliphatic rings. The molecule has 2 heterocycles. The second kappa shape index (κ2) is 8.72. The topological polar surface area (TPSA) is 90.3 Å². The van der Waals surface area contributed by atoms with Gasteiger partial charge in [0.15, 0.2) is 5.75 Å². The third-order valence-electron chi connectivity index (χ3n) is 4.75. The summed E-state index contributed by atoms with van der Waals surface area (Å²) >= 11 is 1.06. The third kappa shape index (κ3) is 4.28. The molecule has 2 aromatic carbocycles. The highest BCUT2D eigenvalue weighted by Crippen LogP contribution is 2.30. The fraction of sp³-hybridized carbons (Fsp3) is 0.130. The van der Waals surface area contributed by atoms with Crippen LogP contribution in [0.15, 0.2) is 59.7 Å². The molecule has 0 unspecified atom stereocenters. The van der Waals surface area contributed by atoms with Crippen molar-refractivity contribution >= 4 is 39.1 Å². The Kier molecular flexibility index (Phi) is 5.83. The van der Waals surface area contributed by atoms with Crippen LogP contribution >= 0.6 is 11.3 Å². The van der Waals surface area contributed by atoms with Gasteiger partial charge in [0.2, 0.25) is 5.91 Å². The van der Waals surface area contributed by atoms with Crippen LogP contribution < -0.4 is 15.6 Å². The van der Waals surface area contributed by atoms with Crippen molar-refractivity contribution in [1.29, 1.82) is 0 Å². The molecule has 0 aliphatic carbocycles. The summed E-state index contributed by atoms with van der Waals surface area (Å²) in [5.41, 5.74) is 1.11. The van der Waals surface area contributed by atoms with E-state index in [9.17, 15) is 18.8 Å². The molecule has 4 rings (SSSR count). The van der Waals surface area contributed by atoms with Gasteiger partial charge < -0.3 is 10.1 Å². The Labute approximate surface area is 186 Å². The quantitative estimate of drug-likeness (QED) is 0.364. The molecule has 1 N–H and O–H groups in total. The molecular weight excluding hydrogens is 433 g/mol. The maximum absolute atomic E-state index is 13.5. The first-order chi connectivity index (χ1) is 15.3. The normalized spacial score (nSPS) is 10.8. The highest BCUT2D eigenvalue weighted by atomic mass is 32.1. The molecule has 162 valence electrons. The Hall–Kier alpha value is -3.85. The molecule has 7 nitrogen and oxygen atoms in total. The molecule has 2 aromatic heterocycles. The summed E-state index contributed by atoms with van der Waals surface area (Å²) in [6, 6.07) is 12.5. The van der Waals surface area contributed by atoms with Crippen LogP contribution in [0.3, 0.4) is 0 Å². The van der Waals surface area contributed by atoms with Crippen LogP contribution in [-0.4, -0.2) is 21.4 Å². The number of carbonyl (C=O) groups is 2. The summed E-state index contributed by atoms with van der Waals surface area (Å²) < 4.78 is 20.4. The van der Waals surface area contributed by atoms with E-state index in [2.05, 4.69) is 10.3 Å². The fourth-order valence-electron chi connectivity index (χ4n) is 3.29. The fourth-order valence-corrected chi connectivity index (χ4v) is 4.31. The number of hydrogen-bond acceptors (Lipinski definition) is 6. The van der Waals surface area contributed by atoms with E-state index in [1.807, 2.05) is 0 Å². The Balaban J connectivity index is 1.67. The van der Waals surface area contributed by atoms with Gasteiger partial charge in [-0.3, -0.25) is 14.2 Å². The number of aromatic nitrogens is 2. The van der Waals surface area contributed by atoms with Gasteiger partial charge in [-0.2, -0.15) is 0 Å². The van der Waals surface area contributed by atoms with Crippen molar-refractivity contribution in [2.45, 2.75) is 20.4 Å². The van der Waals surface area contributed by atoms with E-state index in [0.29, 0.717) is 27.0 Å². The van der Waals surface area contributed by atoms with E-state index in [-0.39, 0.29) is 34.5 Å². The number of esters is 1. The van der Waals surface area contributed by atoms with E-state index < -0.39 is 5.97 Å². The molecule has 1 amide bonds. The molecule has 32 heavy (non-hydrogen) atoms. The Morgan fingerprint density at radius 2 is 1.97 bits per heavy atom. The van der Waals surface area contributed by atoms with Gasteiger partial charge in [-0.1, -0.05) is 24.3 Å². The Morgan fingerprint density at radius 3 is 2.72 bits per heavy atom. The first kappa shape index (κ1) is 21.4. The SMILES string of the molecule is CC(=O)Nc1ccccc1OC(=O)c1sc2ncn(Cc3cccc(F)c3)c(=O)c2c1C. The summed E-state index contributed by atoms with van der Waals surface area (Å²) in [4.78, 5) is 42.3. The molecular formula is C23H18FN3O4S. The zero-order valence-corrected chi connectivity index (χ0v) is 18.0. The number of halogens is 1. The van der Waals surface area contributed by atoms with Crippen molar-refractivity contribution in [3.63, 3.8) is 0 Å². The molecule has 0 aliphatic heterocycles. The summed E-state index contributed by atoms with van der Waals surface area (Å²) in [6.45, 7) is 3.17. The molecule has 0 spiro atoms. The maximum atomic E-state index is 13.5. The molecule has 0 atom stereocenters. The molecule has 0 radical (unpaired) electrons. The number of hydrogen-bond donors (Lipinski definition) is 1. The third-order valence-corrected chi connectivity index (χ3v) is 5.92. The highest BCUT2D eigenvalue weighted by molar-refractivity contribution is 7.20. The standard InChI is InChI=1S/C23H18FN3O4S/c1-13-19-21(25-12-27(22(19)29)11-15-6-5-7-16(24)10-15)32-20(13)23(30)31-18-9-4-3-8-17(18)26-14(2)28/h3-10,12H,11H2,1-2H3,(H,26,28). The smallest absolute Gasteiger partial charge is 0.354 e. The lowest BCUT2D eigenvalue weighted by Crippen LogP contribution is -2.21. The summed E-state index contributed by atoms with van der Waals surface area (Å²) in [5.74, 6) is -1.14. The number of para-hydroxylation sites is 2. The number of benzene rings is 2. The molecule has 0 saturated heterocycles. The number of amides is 1. The Morgan fingerprint density at radius 1 is 1.19 bits per heavy atom. The molecule has 9 heteroatoms. The van der Waals surface area contributed by atoms with Gasteiger partial charge in [0.1, 0.15) is 15.5 Å². The van der Waals surface area contributed by atoms with Gasteiger partial charge in [0.25, 0.3) is 5.56 Å². The van der Waals surface area contributed by atoms with E-state index in [4.69, 9.17) is 4.74 Å². The van der Waals surface area contributed by atoms with E-state index in [1.54, 1.807) is 43.3 Å². The maximum Gasteiger partial charge on any atom is 0.354 e. The van der Waals surface area contributed by atoms with Crippen molar-refractivity contribution < 1.29 is 18.7 Å². The average Bonchev–Trinajstić information content (AvgIpc) is 3.08. The minimum atomic E-state index is -0.653.